The summed E-state index contributed by atoms with van der Waals surface area (Å²) in [6.07, 6.45) is 0.208. The van der Waals surface area contributed by atoms with Gasteiger partial charge in [0.1, 0.15) is 0 Å². The fraction of sp³-hybridized carbons (Fsp3) is 0.0714. The lowest BCUT2D eigenvalue weighted by molar-refractivity contribution is -0.117. The number of amides is 1. The highest BCUT2D eigenvalue weighted by Crippen LogP contribution is 2.19. The maximum Gasteiger partial charge on any atom is 0.253 e. The molecule has 0 bridgehead atoms. The molecule has 0 saturated heterocycles. The molecule has 7 nitrogen and oxygen atoms in total. The number of aliphatic imine (C=N–C) groups is 1. The zero-order valence-corrected chi connectivity index (χ0v) is 11.4. The Balaban J connectivity index is 0.000000491. The molecule has 21 heavy (non-hydrogen) atoms. The van der Waals surface area contributed by atoms with Crippen LogP contribution in [0, 0.1) is 5.41 Å². The second-order valence-electron chi connectivity index (χ2n) is 4.20. The number of rotatable bonds is 2. The summed E-state index contributed by atoms with van der Waals surface area (Å²) in [6, 6.07) is 13.7. The summed E-state index contributed by atoms with van der Waals surface area (Å²) in [7, 11) is 0. The van der Waals surface area contributed by atoms with E-state index in [0.29, 0.717) is 0 Å². The molecule has 0 saturated carbocycles. The molecule has 0 unspecified atom stereocenters. The van der Waals surface area contributed by atoms with Crippen molar-refractivity contribution in [3.8, 4) is 0 Å². The molecule has 2 rings (SSSR count). The predicted molar refractivity (Wildman–Crippen MR) is 84.6 cm³/mol. The van der Waals surface area contributed by atoms with Gasteiger partial charge in [0.15, 0.2) is 11.9 Å². The smallest absolute Gasteiger partial charge is 0.253 e. The van der Waals surface area contributed by atoms with E-state index in [1.165, 1.54) is 0 Å². The van der Waals surface area contributed by atoms with Gasteiger partial charge in [-0.25, -0.2) is 0 Å². The lowest BCUT2D eigenvalue weighted by Gasteiger charge is -2.04. The minimum absolute atomic E-state index is 0.199. The molecular weight excluding hydrogens is 268 g/mol. The van der Waals surface area contributed by atoms with Crippen LogP contribution >= 0.6 is 0 Å². The van der Waals surface area contributed by atoms with Gasteiger partial charge in [0.05, 0.1) is 6.42 Å². The van der Waals surface area contributed by atoms with Gasteiger partial charge >= 0.3 is 0 Å². The molecule has 0 heterocycles. The molecule has 1 amide bonds. The minimum Gasteiger partial charge on any atom is -0.370 e. The van der Waals surface area contributed by atoms with Gasteiger partial charge in [-0.3, -0.25) is 10.2 Å². The van der Waals surface area contributed by atoms with Crippen molar-refractivity contribution in [2.75, 3.05) is 0 Å². The molecule has 0 aliphatic carbocycles. The summed E-state index contributed by atoms with van der Waals surface area (Å²) in [6.45, 7) is 0. The van der Waals surface area contributed by atoms with Gasteiger partial charge < -0.3 is 22.9 Å². The lowest BCUT2D eigenvalue weighted by Crippen LogP contribution is -2.24. The van der Waals surface area contributed by atoms with Crippen molar-refractivity contribution in [1.82, 2.24) is 0 Å². The maximum atomic E-state index is 11.5. The van der Waals surface area contributed by atoms with Gasteiger partial charge in [-0.15, -0.1) is 0 Å². The number of hydrogen-bond acceptors (Lipinski definition) is 2. The van der Waals surface area contributed by atoms with E-state index < -0.39 is 0 Å². The van der Waals surface area contributed by atoms with Crippen molar-refractivity contribution < 1.29 is 4.79 Å². The number of nitrogens with zero attached hydrogens (tertiary/aromatic N) is 1. The Morgan fingerprint density at radius 2 is 1.57 bits per heavy atom. The van der Waals surface area contributed by atoms with Crippen LogP contribution in [0.3, 0.4) is 0 Å². The van der Waals surface area contributed by atoms with Crippen molar-refractivity contribution in [1.29, 1.82) is 5.41 Å². The Kier molecular flexibility index (Phi) is 5.69. The quantitative estimate of drug-likeness (QED) is 0.388. The number of nitrogens with two attached hydrogens (primary N) is 4. The molecule has 0 aliphatic rings. The minimum atomic E-state index is -0.333. The number of carbonyl (C=O) groups excluding carboxylic acids is 1. The van der Waals surface area contributed by atoms with Crippen molar-refractivity contribution >= 4 is 28.6 Å². The maximum absolute atomic E-state index is 11.5. The molecule has 2 aromatic carbocycles. The van der Waals surface area contributed by atoms with Crippen LogP contribution < -0.4 is 22.9 Å². The third kappa shape index (κ3) is 5.60. The van der Waals surface area contributed by atoms with Crippen molar-refractivity contribution in [3.63, 3.8) is 0 Å². The normalized spacial score (nSPS) is 9.33. The molecule has 9 N–H and O–H groups in total. The third-order valence-electron chi connectivity index (χ3n) is 2.48. The van der Waals surface area contributed by atoms with E-state index in [-0.39, 0.29) is 24.2 Å². The van der Waals surface area contributed by atoms with Crippen molar-refractivity contribution in [3.05, 3.63) is 48.0 Å². The van der Waals surface area contributed by atoms with E-state index >= 15 is 0 Å². The van der Waals surface area contributed by atoms with E-state index in [0.717, 1.165) is 16.3 Å². The molecule has 7 heteroatoms. The van der Waals surface area contributed by atoms with E-state index in [1.807, 2.05) is 42.5 Å². The number of carbonyl (C=O) groups is 1. The van der Waals surface area contributed by atoms with Gasteiger partial charge in [-0.2, -0.15) is 4.99 Å². The standard InChI is InChI=1S/C13H13N3O.CH5N3/c14-13(15)16-12(17)8-10-6-3-5-9-4-1-2-7-11(9)10;2-1(3)4/h1-7H,8H2,(H4,14,15,16,17);(H5,2,3,4). The average molecular weight is 286 g/mol. The first-order valence-electron chi connectivity index (χ1n) is 6.08. The Bertz CT molecular complexity index is 667. The molecule has 0 aliphatic heterocycles. The highest BCUT2D eigenvalue weighted by molar-refractivity contribution is 5.95. The lowest BCUT2D eigenvalue weighted by atomic mass is 10.0. The van der Waals surface area contributed by atoms with Gasteiger partial charge in [0.2, 0.25) is 0 Å². The summed E-state index contributed by atoms with van der Waals surface area (Å²) in [5, 5.41) is 8.21. The van der Waals surface area contributed by atoms with Gasteiger partial charge in [-0.1, -0.05) is 42.5 Å². The first kappa shape index (κ1) is 16.0. The van der Waals surface area contributed by atoms with E-state index in [9.17, 15) is 4.79 Å². The molecule has 0 spiro atoms. The van der Waals surface area contributed by atoms with Gasteiger partial charge in [0.25, 0.3) is 5.91 Å². The average Bonchev–Trinajstić information content (AvgIpc) is 2.37. The van der Waals surface area contributed by atoms with Gasteiger partial charge in [-0.05, 0) is 16.3 Å². The Hall–Kier alpha value is -3.09. The van der Waals surface area contributed by atoms with E-state index in [1.54, 1.807) is 0 Å². The van der Waals surface area contributed by atoms with Crippen LogP contribution in [0.25, 0.3) is 10.8 Å². The molecule has 0 radical (unpaired) electrons. The van der Waals surface area contributed by atoms with Crippen LogP contribution in [0.1, 0.15) is 5.56 Å². The molecular formula is C14H18N6O. The highest BCUT2D eigenvalue weighted by Gasteiger charge is 2.05. The van der Waals surface area contributed by atoms with Crippen LogP contribution in [-0.4, -0.2) is 17.8 Å². The SMILES string of the molecule is N=C(N)N.NC(N)=NC(=O)Cc1cccc2ccccc12. The summed E-state index contributed by atoms with van der Waals surface area (Å²) in [5.74, 6) is -0.864. The van der Waals surface area contributed by atoms with Crippen LogP contribution in [0.15, 0.2) is 47.5 Å². The molecule has 2 aromatic rings. The molecule has 110 valence electrons. The summed E-state index contributed by atoms with van der Waals surface area (Å²) in [4.78, 5) is 15.0. The van der Waals surface area contributed by atoms with Crippen LogP contribution in [0.2, 0.25) is 0 Å². The Labute approximate surface area is 122 Å². The molecule has 0 fully saturated rings. The zero-order valence-electron chi connectivity index (χ0n) is 11.4. The second kappa shape index (κ2) is 7.49. The zero-order chi connectivity index (χ0) is 15.8. The number of guanidine groups is 2. The number of nitrogens with one attached hydrogen (secondary N) is 1. The first-order valence-corrected chi connectivity index (χ1v) is 6.08. The molecule has 0 atom stereocenters. The van der Waals surface area contributed by atoms with Crippen LogP contribution in [0.4, 0.5) is 0 Å². The Morgan fingerprint density at radius 1 is 1.00 bits per heavy atom. The summed E-state index contributed by atoms with van der Waals surface area (Å²) >= 11 is 0. The van der Waals surface area contributed by atoms with Crippen LogP contribution in [0.5, 0.6) is 0 Å². The number of fused-ring (bicyclic) bond motifs is 1. The summed E-state index contributed by atoms with van der Waals surface area (Å²) < 4.78 is 0. The van der Waals surface area contributed by atoms with E-state index in [2.05, 4.69) is 16.5 Å². The van der Waals surface area contributed by atoms with Crippen molar-refractivity contribution in [2.24, 2.45) is 27.9 Å². The fourth-order valence-electron chi connectivity index (χ4n) is 1.79. The summed E-state index contributed by atoms with van der Waals surface area (Å²) in [5.41, 5.74) is 20.2. The number of hydrogen-bond donors (Lipinski definition) is 5. The number of benzene rings is 2. The van der Waals surface area contributed by atoms with E-state index in [4.69, 9.17) is 16.9 Å². The predicted octanol–water partition coefficient (Wildman–Crippen LogP) is 0.0209. The first-order chi connectivity index (χ1) is 9.90. The van der Waals surface area contributed by atoms with Gasteiger partial charge in [0, 0.05) is 0 Å². The topological polar surface area (TPSA) is 157 Å². The second-order valence-corrected chi connectivity index (χ2v) is 4.20. The fourth-order valence-corrected chi connectivity index (χ4v) is 1.79. The van der Waals surface area contributed by atoms with Crippen molar-refractivity contribution in [2.45, 2.75) is 6.42 Å². The monoisotopic (exact) mass is 286 g/mol. The third-order valence-corrected chi connectivity index (χ3v) is 2.48. The van der Waals surface area contributed by atoms with Crippen LogP contribution in [-0.2, 0) is 11.2 Å². The highest BCUT2D eigenvalue weighted by atomic mass is 16.1. The molecule has 0 aromatic heterocycles. The largest absolute Gasteiger partial charge is 0.370 e. The Morgan fingerprint density at radius 3 is 2.19 bits per heavy atom.